The Bertz CT molecular complexity index is 323. The van der Waals surface area contributed by atoms with Gasteiger partial charge in [0, 0.05) is 6.08 Å². The van der Waals surface area contributed by atoms with E-state index in [1.807, 2.05) is 6.08 Å². The van der Waals surface area contributed by atoms with Crippen molar-refractivity contribution in [2.24, 2.45) is 0 Å². The van der Waals surface area contributed by atoms with Gasteiger partial charge in [0.1, 0.15) is 0 Å². The van der Waals surface area contributed by atoms with E-state index in [4.69, 9.17) is 5.26 Å². The molecular formula is C19H34O4. The van der Waals surface area contributed by atoms with E-state index in [1.54, 1.807) is 6.08 Å². The van der Waals surface area contributed by atoms with Crippen molar-refractivity contribution < 1.29 is 19.7 Å². The molecule has 0 rings (SSSR count). The molecule has 0 aromatic heterocycles. The molecule has 4 nitrogen and oxygen atoms in total. The topological polar surface area (TPSA) is 55.8 Å². The molecule has 23 heavy (non-hydrogen) atoms. The first-order valence-corrected chi connectivity index (χ1v) is 8.96. The molecule has 0 aliphatic rings. The average Bonchev–Trinajstić information content (AvgIpc) is 2.58. The van der Waals surface area contributed by atoms with Gasteiger partial charge in [0.25, 0.3) is 0 Å². The minimum atomic E-state index is -0.321. The number of ether oxygens (including phenoxy) is 1. The van der Waals surface area contributed by atoms with Crippen LogP contribution in [0, 0.1) is 0 Å². The minimum absolute atomic E-state index is 0.0260. The van der Waals surface area contributed by atoms with Crippen LogP contribution in [0.3, 0.4) is 0 Å². The first-order chi connectivity index (χ1) is 11.2. The zero-order valence-electron chi connectivity index (χ0n) is 14.8. The Morgan fingerprint density at radius 3 is 2.30 bits per heavy atom. The van der Waals surface area contributed by atoms with E-state index in [2.05, 4.69) is 22.6 Å². The van der Waals surface area contributed by atoms with E-state index in [0.29, 0.717) is 0 Å². The Morgan fingerprint density at radius 2 is 1.65 bits per heavy atom. The van der Waals surface area contributed by atoms with Gasteiger partial charge in [-0.15, -0.1) is 0 Å². The van der Waals surface area contributed by atoms with Crippen LogP contribution in [0.2, 0.25) is 0 Å². The zero-order chi connectivity index (χ0) is 17.2. The third kappa shape index (κ3) is 15.5. The molecule has 0 radical (unpaired) electrons. The smallest absolute Gasteiger partial charge is 0.330 e. The Kier molecular flexibility index (Phi) is 16.4. The molecule has 0 aliphatic carbocycles. The summed E-state index contributed by atoms with van der Waals surface area (Å²) in [6.45, 7) is 2.15. The maximum Gasteiger partial charge on any atom is 0.330 e. The molecule has 1 unspecified atom stereocenters. The Hall–Kier alpha value is -1.13. The van der Waals surface area contributed by atoms with Gasteiger partial charge in [-0.2, -0.15) is 0 Å². The lowest BCUT2D eigenvalue weighted by Crippen LogP contribution is -2.10. The summed E-state index contributed by atoms with van der Waals surface area (Å²) in [4.78, 5) is 15.3. The summed E-state index contributed by atoms with van der Waals surface area (Å²) in [5.74, 6) is -0.321. The summed E-state index contributed by atoms with van der Waals surface area (Å²) >= 11 is 0. The highest BCUT2D eigenvalue weighted by atomic mass is 17.1. The standard InChI is InChI=1S/C19H34O4/c1-3-4-15-18(23-21)16-13-11-9-7-5-6-8-10-12-14-17-19(20)22-2/h10,12,14,17-18,21H,3-9,11,13,15-16H2,1-2H3. The van der Waals surface area contributed by atoms with Crippen molar-refractivity contribution in [1.29, 1.82) is 0 Å². The van der Waals surface area contributed by atoms with Gasteiger partial charge >= 0.3 is 5.97 Å². The molecule has 1 atom stereocenters. The van der Waals surface area contributed by atoms with Crippen LogP contribution in [0.1, 0.15) is 77.6 Å². The molecular weight excluding hydrogens is 292 g/mol. The predicted molar refractivity (Wildman–Crippen MR) is 94.3 cm³/mol. The van der Waals surface area contributed by atoms with Gasteiger partial charge in [-0.3, -0.25) is 5.26 Å². The van der Waals surface area contributed by atoms with E-state index in [0.717, 1.165) is 38.5 Å². The number of hydrogen-bond acceptors (Lipinski definition) is 4. The lowest BCUT2D eigenvalue weighted by Gasteiger charge is -2.12. The Labute approximate surface area is 141 Å². The molecule has 0 aromatic rings. The second-order valence-corrected chi connectivity index (χ2v) is 5.88. The van der Waals surface area contributed by atoms with Crippen LogP contribution in [0.15, 0.2) is 24.3 Å². The monoisotopic (exact) mass is 326 g/mol. The van der Waals surface area contributed by atoms with Crippen molar-refractivity contribution in [1.82, 2.24) is 0 Å². The number of allylic oxidation sites excluding steroid dienone is 3. The molecule has 0 saturated carbocycles. The SMILES string of the molecule is CCCCC(CCCCCCCCC=CC=CC(=O)OC)OO. The number of unbranched alkanes of at least 4 members (excludes halogenated alkanes) is 7. The van der Waals surface area contributed by atoms with Gasteiger partial charge in [0.15, 0.2) is 0 Å². The zero-order valence-corrected chi connectivity index (χ0v) is 14.8. The molecule has 0 aromatic carbocycles. The number of carbonyl (C=O) groups excluding carboxylic acids is 1. The average molecular weight is 326 g/mol. The van der Waals surface area contributed by atoms with Gasteiger partial charge in [0.05, 0.1) is 13.2 Å². The van der Waals surface area contributed by atoms with Gasteiger partial charge in [-0.25, -0.2) is 9.68 Å². The summed E-state index contributed by atoms with van der Waals surface area (Å²) in [5, 5.41) is 8.82. The lowest BCUT2D eigenvalue weighted by molar-refractivity contribution is -0.281. The number of carbonyl (C=O) groups is 1. The van der Waals surface area contributed by atoms with Crippen LogP contribution < -0.4 is 0 Å². The molecule has 0 fully saturated rings. The molecule has 1 N–H and O–H groups in total. The van der Waals surface area contributed by atoms with Crippen molar-refractivity contribution in [2.45, 2.75) is 83.7 Å². The van der Waals surface area contributed by atoms with Crippen molar-refractivity contribution >= 4 is 5.97 Å². The fraction of sp³-hybridized carbons (Fsp3) is 0.737. The summed E-state index contributed by atoms with van der Waals surface area (Å²) < 4.78 is 4.50. The number of esters is 1. The maximum absolute atomic E-state index is 10.8. The fourth-order valence-corrected chi connectivity index (χ4v) is 2.40. The predicted octanol–water partition coefficient (Wildman–Crippen LogP) is 5.44. The molecule has 0 amide bonds. The van der Waals surface area contributed by atoms with Crippen LogP contribution in [0.5, 0.6) is 0 Å². The second-order valence-electron chi connectivity index (χ2n) is 5.88. The van der Waals surface area contributed by atoms with E-state index < -0.39 is 0 Å². The molecule has 134 valence electrons. The summed E-state index contributed by atoms with van der Waals surface area (Å²) in [6, 6.07) is 0. The highest BCUT2D eigenvalue weighted by Gasteiger charge is 2.07. The third-order valence-corrected chi connectivity index (χ3v) is 3.86. The Balaban J connectivity index is 3.37. The van der Waals surface area contributed by atoms with Gasteiger partial charge in [-0.1, -0.05) is 70.1 Å². The fourth-order valence-electron chi connectivity index (χ4n) is 2.40. The first kappa shape index (κ1) is 21.9. The van der Waals surface area contributed by atoms with Crippen LogP contribution >= 0.6 is 0 Å². The van der Waals surface area contributed by atoms with E-state index in [-0.39, 0.29) is 12.1 Å². The maximum atomic E-state index is 10.8. The van der Waals surface area contributed by atoms with E-state index in [9.17, 15) is 4.79 Å². The molecule has 0 aliphatic heterocycles. The lowest BCUT2D eigenvalue weighted by atomic mass is 10.0. The van der Waals surface area contributed by atoms with Gasteiger partial charge in [0.2, 0.25) is 0 Å². The first-order valence-electron chi connectivity index (χ1n) is 8.96. The number of rotatable bonds is 15. The molecule has 0 bridgehead atoms. The second kappa shape index (κ2) is 17.2. The normalized spacial score (nSPS) is 13.0. The van der Waals surface area contributed by atoms with Crippen molar-refractivity contribution in [3.63, 3.8) is 0 Å². The van der Waals surface area contributed by atoms with Crippen LogP contribution in [0.25, 0.3) is 0 Å². The van der Waals surface area contributed by atoms with Gasteiger partial charge < -0.3 is 4.74 Å². The minimum Gasteiger partial charge on any atom is -0.466 e. The van der Waals surface area contributed by atoms with Crippen LogP contribution in [0.4, 0.5) is 0 Å². The Morgan fingerprint density at radius 1 is 1.00 bits per heavy atom. The summed E-state index contributed by atoms with van der Waals surface area (Å²) in [7, 11) is 1.37. The van der Waals surface area contributed by atoms with E-state index in [1.165, 1.54) is 45.3 Å². The summed E-state index contributed by atoms with van der Waals surface area (Å²) in [6.07, 6.45) is 19.6. The van der Waals surface area contributed by atoms with Crippen molar-refractivity contribution in [3.05, 3.63) is 24.3 Å². The number of hydrogen-bond donors (Lipinski definition) is 1. The van der Waals surface area contributed by atoms with Crippen molar-refractivity contribution in [3.8, 4) is 0 Å². The van der Waals surface area contributed by atoms with Crippen LogP contribution in [-0.4, -0.2) is 24.4 Å². The van der Waals surface area contributed by atoms with E-state index >= 15 is 0 Å². The highest BCUT2D eigenvalue weighted by Crippen LogP contribution is 2.14. The molecule has 0 heterocycles. The third-order valence-electron chi connectivity index (χ3n) is 3.86. The van der Waals surface area contributed by atoms with Crippen molar-refractivity contribution in [2.75, 3.05) is 7.11 Å². The van der Waals surface area contributed by atoms with Crippen LogP contribution in [-0.2, 0) is 14.4 Å². The highest BCUT2D eigenvalue weighted by molar-refractivity contribution is 5.82. The largest absolute Gasteiger partial charge is 0.466 e. The van der Waals surface area contributed by atoms with Gasteiger partial charge in [-0.05, 0) is 25.7 Å². The molecule has 0 spiro atoms. The number of methoxy groups -OCH3 is 1. The quantitative estimate of drug-likeness (QED) is 0.109. The molecule has 4 heteroatoms. The molecule has 0 saturated heterocycles. The summed E-state index contributed by atoms with van der Waals surface area (Å²) in [5.41, 5.74) is 0.